The predicted molar refractivity (Wildman–Crippen MR) is 236 cm³/mol. The van der Waals surface area contributed by atoms with Gasteiger partial charge in [-0.25, -0.2) is 0 Å². The first-order valence-electron chi connectivity index (χ1n) is 23.0. The van der Waals surface area contributed by atoms with E-state index in [2.05, 4.69) is 80.8 Å². The van der Waals surface area contributed by atoms with Crippen molar-refractivity contribution in [3.05, 3.63) is 60.8 Å². The van der Waals surface area contributed by atoms with E-state index in [0.29, 0.717) is 19.3 Å². The Morgan fingerprint density at radius 3 is 1.38 bits per heavy atom. The molecule has 0 fully saturated rings. The van der Waals surface area contributed by atoms with E-state index < -0.39 is 18.2 Å². The summed E-state index contributed by atoms with van der Waals surface area (Å²) < 4.78 is 5.83. The van der Waals surface area contributed by atoms with E-state index >= 15 is 0 Å². The molecule has 0 spiro atoms. The molecular formula is C49H87NO5. The second-order valence-corrected chi connectivity index (χ2v) is 15.4. The van der Waals surface area contributed by atoms with E-state index in [1.165, 1.54) is 89.9 Å². The summed E-state index contributed by atoms with van der Waals surface area (Å²) in [6, 6.07) is -0.713. The van der Waals surface area contributed by atoms with Crippen molar-refractivity contribution in [2.24, 2.45) is 0 Å². The van der Waals surface area contributed by atoms with Crippen LogP contribution in [-0.2, 0) is 14.3 Å². The summed E-state index contributed by atoms with van der Waals surface area (Å²) in [6.07, 6.45) is 51.6. The number of aliphatic hydroxyl groups is 2. The molecular weight excluding hydrogens is 683 g/mol. The molecule has 0 aromatic rings. The molecule has 0 aliphatic carbocycles. The minimum absolute atomic E-state index is 0.0468. The molecule has 0 heterocycles. The van der Waals surface area contributed by atoms with Gasteiger partial charge in [-0.1, -0.05) is 204 Å². The van der Waals surface area contributed by atoms with E-state index in [9.17, 15) is 19.8 Å². The van der Waals surface area contributed by atoms with Gasteiger partial charge in [-0.2, -0.15) is 0 Å². The van der Waals surface area contributed by atoms with Crippen LogP contribution in [0.2, 0.25) is 0 Å². The fourth-order valence-corrected chi connectivity index (χ4v) is 6.65. The zero-order valence-electron chi connectivity index (χ0n) is 36.0. The Morgan fingerprint density at radius 2 is 0.945 bits per heavy atom. The van der Waals surface area contributed by atoms with E-state index in [4.69, 9.17) is 4.74 Å². The lowest BCUT2D eigenvalue weighted by Crippen LogP contribution is -2.46. The Balaban J connectivity index is 4.54. The smallest absolute Gasteiger partial charge is 0.306 e. The number of rotatable bonds is 40. The molecule has 3 unspecified atom stereocenters. The number of nitrogens with one attached hydrogen (secondary N) is 1. The Labute approximate surface area is 339 Å². The van der Waals surface area contributed by atoms with Gasteiger partial charge < -0.3 is 20.3 Å². The average Bonchev–Trinajstić information content (AvgIpc) is 3.18. The van der Waals surface area contributed by atoms with Crippen LogP contribution in [0.3, 0.4) is 0 Å². The van der Waals surface area contributed by atoms with E-state index in [1.54, 1.807) is 0 Å². The molecule has 0 bridgehead atoms. The van der Waals surface area contributed by atoms with Crippen molar-refractivity contribution >= 4 is 11.9 Å². The SMILES string of the molecule is CC/C=C/C/C=C/C/C=C/C/C=C/C/C=C/CCC(=O)OC(CCCCCCCCC)CC(=O)NC(CO)C(O)CCCCCCCCCCCCCCC. The van der Waals surface area contributed by atoms with Crippen molar-refractivity contribution < 1.29 is 24.5 Å². The van der Waals surface area contributed by atoms with E-state index in [1.807, 2.05) is 6.08 Å². The van der Waals surface area contributed by atoms with Gasteiger partial charge in [0.25, 0.3) is 0 Å². The van der Waals surface area contributed by atoms with Crippen molar-refractivity contribution in [2.45, 2.75) is 232 Å². The highest BCUT2D eigenvalue weighted by atomic mass is 16.5. The number of hydrogen-bond acceptors (Lipinski definition) is 5. The largest absolute Gasteiger partial charge is 0.462 e. The predicted octanol–water partition coefficient (Wildman–Crippen LogP) is 13.3. The van der Waals surface area contributed by atoms with Crippen LogP contribution < -0.4 is 5.32 Å². The van der Waals surface area contributed by atoms with Gasteiger partial charge in [-0.15, -0.1) is 0 Å². The van der Waals surface area contributed by atoms with Crippen molar-refractivity contribution in [1.29, 1.82) is 0 Å². The molecule has 318 valence electrons. The Bertz CT molecular complexity index is 999. The van der Waals surface area contributed by atoms with Gasteiger partial charge in [0.05, 0.1) is 25.2 Å². The molecule has 1 amide bonds. The first kappa shape index (κ1) is 52.6. The van der Waals surface area contributed by atoms with Gasteiger partial charge in [0.15, 0.2) is 0 Å². The molecule has 3 atom stereocenters. The molecule has 0 aromatic carbocycles. The van der Waals surface area contributed by atoms with Crippen LogP contribution in [0.4, 0.5) is 0 Å². The zero-order chi connectivity index (χ0) is 40.3. The quantitative estimate of drug-likeness (QED) is 0.0328. The summed E-state index contributed by atoms with van der Waals surface area (Å²) >= 11 is 0. The van der Waals surface area contributed by atoms with Crippen molar-refractivity contribution in [3.63, 3.8) is 0 Å². The highest BCUT2D eigenvalue weighted by Gasteiger charge is 2.24. The number of carbonyl (C=O) groups is 2. The second-order valence-electron chi connectivity index (χ2n) is 15.4. The number of hydrogen-bond donors (Lipinski definition) is 3. The van der Waals surface area contributed by atoms with E-state index in [-0.39, 0.29) is 31.3 Å². The number of esters is 1. The number of carbonyl (C=O) groups excluding carboxylic acids is 2. The minimum atomic E-state index is -0.797. The molecule has 0 saturated heterocycles. The Hall–Kier alpha value is -2.44. The number of ether oxygens (including phenoxy) is 1. The summed E-state index contributed by atoms with van der Waals surface area (Å²) in [4.78, 5) is 25.9. The third kappa shape index (κ3) is 38.2. The Kier molecular flexibility index (Phi) is 40.8. The van der Waals surface area contributed by atoms with Gasteiger partial charge in [0, 0.05) is 6.42 Å². The number of allylic oxidation sites excluding steroid dienone is 10. The van der Waals surface area contributed by atoms with Crippen LogP contribution >= 0.6 is 0 Å². The lowest BCUT2D eigenvalue weighted by atomic mass is 10.0. The van der Waals surface area contributed by atoms with Crippen LogP contribution in [0.15, 0.2) is 60.8 Å². The van der Waals surface area contributed by atoms with Crippen LogP contribution in [0.1, 0.15) is 213 Å². The summed E-state index contributed by atoms with van der Waals surface area (Å²) in [7, 11) is 0. The second kappa shape index (κ2) is 42.7. The lowest BCUT2D eigenvalue weighted by molar-refractivity contribution is -0.150. The lowest BCUT2D eigenvalue weighted by Gasteiger charge is -2.24. The van der Waals surface area contributed by atoms with Crippen LogP contribution in [0.25, 0.3) is 0 Å². The molecule has 0 radical (unpaired) electrons. The van der Waals surface area contributed by atoms with Crippen molar-refractivity contribution in [2.75, 3.05) is 6.61 Å². The summed E-state index contributed by atoms with van der Waals surface area (Å²) in [5.74, 6) is -0.579. The fraction of sp³-hybridized carbons (Fsp3) is 0.755. The Morgan fingerprint density at radius 1 is 0.545 bits per heavy atom. The highest BCUT2D eigenvalue weighted by Crippen LogP contribution is 2.17. The number of aliphatic hydroxyl groups excluding tert-OH is 2. The number of unbranched alkanes of at least 4 members (excludes halogenated alkanes) is 18. The fourth-order valence-electron chi connectivity index (χ4n) is 6.65. The van der Waals surface area contributed by atoms with Crippen LogP contribution in [-0.4, -0.2) is 46.9 Å². The minimum Gasteiger partial charge on any atom is -0.462 e. The topological polar surface area (TPSA) is 95.9 Å². The maximum atomic E-state index is 13.1. The van der Waals surface area contributed by atoms with E-state index in [0.717, 1.165) is 70.6 Å². The molecule has 6 heteroatoms. The third-order valence-electron chi connectivity index (χ3n) is 10.1. The first-order valence-corrected chi connectivity index (χ1v) is 23.0. The first-order chi connectivity index (χ1) is 27.0. The molecule has 0 rings (SSSR count). The van der Waals surface area contributed by atoms with Crippen molar-refractivity contribution in [1.82, 2.24) is 5.32 Å². The molecule has 0 aromatic heterocycles. The van der Waals surface area contributed by atoms with Gasteiger partial charge in [0.1, 0.15) is 6.10 Å². The normalized spacial score (nSPS) is 13.9. The maximum absolute atomic E-state index is 13.1. The molecule has 3 N–H and O–H groups in total. The van der Waals surface area contributed by atoms with Gasteiger partial charge in [-0.3, -0.25) is 9.59 Å². The molecule has 0 saturated carbocycles. The zero-order valence-corrected chi connectivity index (χ0v) is 36.0. The average molecular weight is 770 g/mol. The number of amides is 1. The van der Waals surface area contributed by atoms with Gasteiger partial charge >= 0.3 is 5.97 Å². The van der Waals surface area contributed by atoms with Gasteiger partial charge in [-0.05, 0) is 57.8 Å². The summed E-state index contributed by atoms with van der Waals surface area (Å²) in [5, 5.41) is 23.6. The van der Waals surface area contributed by atoms with Crippen molar-refractivity contribution in [3.8, 4) is 0 Å². The third-order valence-corrected chi connectivity index (χ3v) is 10.1. The van der Waals surface area contributed by atoms with Crippen LogP contribution in [0.5, 0.6) is 0 Å². The maximum Gasteiger partial charge on any atom is 0.306 e. The summed E-state index contributed by atoms with van der Waals surface area (Å²) in [6.45, 7) is 6.30. The molecule has 6 nitrogen and oxygen atoms in total. The molecule has 0 aliphatic rings. The summed E-state index contributed by atoms with van der Waals surface area (Å²) in [5.41, 5.74) is 0. The standard InChI is InChI=1S/C49H87NO5/c1-4-7-10-13-16-18-20-22-23-24-26-28-30-33-36-39-42-49(54)55-45(40-37-34-31-15-12-9-6-3)43-48(53)50-46(44-51)47(52)41-38-35-32-29-27-25-21-19-17-14-11-8-5-2/h7,10,16,18,22-23,26,28,33,36,45-47,51-52H,4-6,8-9,11-15,17,19-21,24-25,27,29-32,34-35,37-44H2,1-3H3,(H,50,53)/b10-7+,18-16+,23-22+,28-26+,36-33+. The monoisotopic (exact) mass is 770 g/mol. The molecule has 55 heavy (non-hydrogen) atoms. The highest BCUT2D eigenvalue weighted by molar-refractivity contribution is 5.77. The van der Waals surface area contributed by atoms with Crippen LogP contribution in [0, 0.1) is 0 Å². The molecule has 0 aliphatic heterocycles. The van der Waals surface area contributed by atoms with Gasteiger partial charge in [0.2, 0.25) is 5.91 Å².